The van der Waals surface area contributed by atoms with Crippen molar-refractivity contribution in [2.45, 2.75) is 0 Å². The molecule has 0 fully saturated rings. The summed E-state index contributed by atoms with van der Waals surface area (Å²) in [6.45, 7) is 0. The van der Waals surface area contributed by atoms with Crippen molar-refractivity contribution >= 4 is 11.9 Å². The van der Waals surface area contributed by atoms with E-state index >= 15 is 0 Å². The van der Waals surface area contributed by atoms with Crippen LogP contribution in [0.4, 0.5) is 5.69 Å². The Balaban J connectivity index is 3.43. The van der Waals surface area contributed by atoms with Gasteiger partial charge in [0.2, 0.25) is 0 Å². The summed E-state index contributed by atoms with van der Waals surface area (Å²) in [5.74, 6) is 0. The van der Waals surface area contributed by atoms with Crippen LogP contribution in [0.5, 0.6) is 0 Å². The number of nitrogens with one attached hydrogen (secondary N) is 3. The van der Waals surface area contributed by atoms with E-state index in [-0.39, 0.29) is 11.4 Å². The fourth-order valence-corrected chi connectivity index (χ4v) is 0.815. The first-order valence-corrected chi connectivity index (χ1v) is 3.31. The lowest BCUT2D eigenvalue weighted by Crippen LogP contribution is -2.26. The van der Waals surface area contributed by atoms with Crippen molar-refractivity contribution in [3.05, 3.63) is 31.4 Å². The van der Waals surface area contributed by atoms with E-state index in [1.165, 1.54) is 0 Å². The molecule has 0 radical (unpaired) electrons. The quantitative estimate of drug-likeness (QED) is 0.213. The maximum Gasteiger partial charge on any atom is 0.326 e. The predicted octanol–water partition coefficient (Wildman–Crippen LogP) is -1.04. The lowest BCUT2D eigenvalue weighted by Gasteiger charge is -1.98. The highest BCUT2D eigenvalue weighted by Crippen LogP contribution is 2.00. The normalized spacial score (nSPS) is 10.3. The van der Waals surface area contributed by atoms with Gasteiger partial charge in [-0.3, -0.25) is 9.78 Å². The van der Waals surface area contributed by atoms with Gasteiger partial charge in [0.1, 0.15) is 5.69 Å². The molecule has 1 aromatic rings. The number of rotatable bonds is 3. The lowest BCUT2D eigenvalue weighted by molar-refractivity contribution is 0.321. The van der Waals surface area contributed by atoms with Crippen molar-refractivity contribution in [1.82, 2.24) is 9.97 Å². The number of hydrogen-bond acceptors (Lipinski definition) is 6. The van der Waals surface area contributed by atoms with Crippen molar-refractivity contribution < 1.29 is 5.21 Å². The average molecular weight is 199 g/mol. The molecular formula is C5H5N5O4. The van der Waals surface area contributed by atoms with Crippen LogP contribution in [0.3, 0.4) is 0 Å². The summed E-state index contributed by atoms with van der Waals surface area (Å²) >= 11 is 0. The summed E-state index contributed by atoms with van der Waals surface area (Å²) in [6.07, 6.45) is 0.782. The lowest BCUT2D eigenvalue weighted by atomic mass is 10.4. The van der Waals surface area contributed by atoms with Crippen LogP contribution in [0.15, 0.2) is 20.0 Å². The van der Waals surface area contributed by atoms with E-state index in [9.17, 15) is 14.5 Å². The van der Waals surface area contributed by atoms with Gasteiger partial charge in [-0.1, -0.05) is 5.16 Å². The van der Waals surface area contributed by atoms with Gasteiger partial charge in [0.25, 0.3) is 5.56 Å². The zero-order valence-corrected chi connectivity index (χ0v) is 6.64. The molecule has 1 aromatic heterocycles. The molecule has 1 heterocycles. The molecule has 4 N–H and O–H groups in total. The van der Waals surface area contributed by atoms with Crippen molar-refractivity contribution in [3.63, 3.8) is 0 Å². The topological polar surface area (TPSA) is 140 Å². The highest BCUT2D eigenvalue weighted by Gasteiger charge is 2.06. The first-order valence-electron chi connectivity index (χ1n) is 3.31. The van der Waals surface area contributed by atoms with E-state index in [1.54, 1.807) is 0 Å². The number of oxime groups is 1. The second-order valence-corrected chi connectivity index (χ2v) is 2.14. The minimum atomic E-state index is -0.844. The molecular weight excluding hydrogens is 194 g/mol. The van der Waals surface area contributed by atoms with E-state index < -0.39 is 11.2 Å². The Morgan fingerprint density at radius 2 is 2.07 bits per heavy atom. The molecule has 0 aliphatic rings. The summed E-state index contributed by atoms with van der Waals surface area (Å²) in [5, 5.41) is 13.0. The van der Waals surface area contributed by atoms with Gasteiger partial charge in [0, 0.05) is 0 Å². The third-order valence-electron chi connectivity index (χ3n) is 1.32. The number of aromatic nitrogens is 2. The van der Waals surface area contributed by atoms with Crippen LogP contribution < -0.4 is 16.7 Å². The Hall–Kier alpha value is -2.45. The van der Waals surface area contributed by atoms with Crippen LogP contribution in [0, 0.1) is 4.91 Å². The van der Waals surface area contributed by atoms with Gasteiger partial charge in [-0.2, -0.15) is 0 Å². The maximum atomic E-state index is 11.0. The van der Waals surface area contributed by atoms with Gasteiger partial charge in [0.15, 0.2) is 0 Å². The molecule has 0 amide bonds. The molecule has 74 valence electrons. The molecule has 9 heteroatoms. The first kappa shape index (κ1) is 9.64. The van der Waals surface area contributed by atoms with E-state index in [0.29, 0.717) is 0 Å². The minimum Gasteiger partial charge on any atom is -0.411 e. The number of anilines is 1. The van der Waals surface area contributed by atoms with Crippen LogP contribution in [0.25, 0.3) is 0 Å². The summed E-state index contributed by atoms with van der Waals surface area (Å²) < 4.78 is 0. The summed E-state index contributed by atoms with van der Waals surface area (Å²) in [4.78, 5) is 35.6. The third-order valence-corrected chi connectivity index (χ3v) is 1.32. The van der Waals surface area contributed by atoms with Gasteiger partial charge in [-0.05, 0) is 0 Å². The zero-order valence-electron chi connectivity index (χ0n) is 6.64. The van der Waals surface area contributed by atoms with Crippen LogP contribution in [0.2, 0.25) is 0 Å². The van der Waals surface area contributed by atoms with Crippen LogP contribution in [-0.4, -0.2) is 21.4 Å². The van der Waals surface area contributed by atoms with E-state index in [1.807, 2.05) is 10.4 Å². The van der Waals surface area contributed by atoms with Crippen molar-refractivity contribution in [3.8, 4) is 0 Å². The molecule has 14 heavy (non-hydrogen) atoms. The standard InChI is InChI=1S/C5H5N5O4/c11-4-3(9-10-14)2(1-6-13)7-5(12)8-4/h1,13H,(H,9,14)(H2,7,8,11,12). The van der Waals surface area contributed by atoms with Crippen molar-refractivity contribution in [2.24, 2.45) is 10.4 Å². The van der Waals surface area contributed by atoms with E-state index in [0.717, 1.165) is 6.21 Å². The molecule has 0 aliphatic carbocycles. The fourth-order valence-electron chi connectivity index (χ4n) is 0.815. The molecule has 0 atom stereocenters. The number of H-pyrrole nitrogens is 2. The van der Waals surface area contributed by atoms with Gasteiger partial charge in [-0.15, -0.1) is 4.91 Å². The summed E-state index contributed by atoms with van der Waals surface area (Å²) in [7, 11) is 0. The number of nitrogens with zero attached hydrogens (tertiary/aromatic N) is 2. The van der Waals surface area contributed by atoms with Crippen molar-refractivity contribution in [1.29, 1.82) is 0 Å². The number of hydrogen-bond donors (Lipinski definition) is 4. The Morgan fingerprint density at radius 1 is 1.36 bits per heavy atom. The summed E-state index contributed by atoms with van der Waals surface area (Å²) in [6, 6.07) is 0. The van der Waals surface area contributed by atoms with Crippen molar-refractivity contribution in [2.75, 3.05) is 5.43 Å². The van der Waals surface area contributed by atoms with Crippen LogP contribution >= 0.6 is 0 Å². The fraction of sp³-hybridized carbons (Fsp3) is 0. The smallest absolute Gasteiger partial charge is 0.326 e. The third kappa shape index (κ3) is 1.83. The Morgan fingerprint density at radius 3 is 2.64 bits per heavy atom. The molecule has 0 unspecified atom stereocenters. The molecule has 0 spiro atoms. The van der Waals surface area contributed by atoms with Gasteiger partial charge < -0.3 is 10.2 Å². The zero-order chi connectivity index (χ0) is 10.6. The molecule has 0 aromatic carbocycles. The van der Waals surface area contributed by atoms with Gasteiger partial charge >= 0.3 is 5.69 Å². The molecule has 0 saturated carbocycles. The minimum absolute atomic E-state index is 0.152. The van der Waals surface area contributed by atoms with E-state index in [2.05, 4.69) is 15.4 Å². The molecule has 1 rings (SSSR count). The second kappa shape index (κ2) is 3.98. The second-order valence-electron chi connectivity index (χ2n) is 2.14. The Kier molecular flexibility index (Phi) is 2.74. The van der Waals surface area contributed by atoms with Crippen LogP contribution in [-0.2, 0) is 0 Å². The maximum absolute atomic E-state index is 11.0. The number of aromatic amines is 2. The van der Waals surface area contributed by atoms with Gasteiger partial charge in [-0.25, -0.2) is 10.2 Å². The van der Waals surface area contributed by atoms with E-state index in [4.69, 9.17) is 5.21 Å². The Bertz CT molecular complexity index is 472. The number of nitroso groups, excluding NO2 is 1. The molecule has 9 nitrogen and oxygen atoms in total. The summed E-state index contributed by atoms with van der Waals surface area (Å²) in [5.41, 5.74) is -0.285. The van der Waals surface area contributed by atoms with Gasteiger partial charge in [0.05, 0.1) is 17.2 Å². The molecule has 0 bridgehead atoms. The highest BCUT2D eigenvalue weighted by molar-refractivity contribution is 5.83. The highest BCUT2D eigenvalue weighted by atomic mass is 16.4. The SMILES string of the molecule is O=NNc1c(C=NO)[nH]c(=O)[nH]c1=O. The monoisotopic (exact) mass is 199 g/mol. The largest absolute Gasteiger partial charge is 0.411 e. The Labute approximate surface area is 75.4 Å². The molecule has 0 aliphatic heterocycles. The average Bonchev–Trinajstić information content (AvgIpc) is 2.11. The van der Waals surface area contributed by atoms with Crippen LogP contribution in [0.1, 0.15) is 5.69 Å². The molecule has 0 saturated heterocycles. The first-order chi connectivity index (χ1) is 6.69. The predicted molar refractivity (Wildman–Crippen MR) is 46.5 cm³/mol.